The molecule has 0 fully saturated rings. The lowest BCUT2D eigenvalue weighted by Gasteiger charge is -2.11. The van der Waals surface area contributed by atoms with Crippen LogP contribution in [0.5, 0.6) is 0 Å². The largest absolute Gasteiger partial charge is 0.295 e. The van der Waals surface area contributed by atoms with Gasteiger partial charge < -0.3 is 0 Å². The molecule has 0 N–H and O–H groups in total. The minimum absolute atomic E-state index is 0.218. The van der Waals surface area contributed by atoms with Crippen LogP contribution in [0.1, 0.15) is 18.1 Å². The van der Waals surface area contributed by atoms with E-state index in [-0.39, 0.29) is 5.38 Å². The molecule has 3 aromatic rings. The fourth-order valence-electron chi connectivity index (χ4n) is 2.11. The number of fused-ring (bicyclic) bond motifs is 1. The van der Waals surface area contributed by atoms with Gasteiger partial charge in [-0.1, -0.05) is 11.6 Å². The molecule has 2 heterocycles. The van der Waals surface area contributed by atoms with Crippen LogP contribution in [-0.4, -0.2) is 14.5 Å². The van der Waals surface area contributed by atoms with Crippen LogP contribution in [0.2, 0.25) is 5.02 Å². The zero-order valence-electron chi connectivity index (χ0n) is 10.5. The number of halogens is 3. The van der Waals surface area contributed by atoms with E-state index < -0.39 is 0 Å². The third kappa shape index (κ3) is 2.32. The van der Waals surface area contributed by atoms with Crippen molar-refractivity contribution in [1.29, 1.82) is 0 Å². The Morgan fingerprint density at radius 1 is 1.30 bits per heavy atom. The van der Waals surface area contributed by atoms with Crippen molar-refractivity contribution >= 4 is 50.2 Å². The van der Waals surface area contributed by atoms with Crippen LogP contribution in [0, 0.1) is 0 Å². The predicted octanol–water partition coefficient (Wildman–Crippen LogP) is 5.14. The quantitative estimate of drug-likeness (QED) is 0.585. The lowest BCUT2D eigenvalue weighted by Crippen LogP contribution is -2.01. The van der Waals surface area contributed by atoms with E-state index in [1.807, 2.05) is 35.8 Å². The summed E-state index contributed by atoms with van der Waals surface area (Å²) in [6.45, 7) is 1.90. The predicted molar refractivity (Wildman–Crippen MR) is 85.8 cm³/mol. The number of imidazole rings is 1. The van der Waals surface area contributed by atoms with Crippen LogP contribution in [0.3, 0.4) is 0 Å². The average Bonchev–Trinajstić information content (AvgIpc) is 2.81. The Balaban J connectivity index is 2.33. The van der Waals surface area contributed by atoms with E-state index in [1.165, 1.54) is 0 Å². The van der Waals surface area contributed by atoms with Gasteiger partial charge >= 0.3 is 0 Å². The van der Waals surface area contributed by atoms with Crippen LogP contribution in [0.4, 0.5) is 0 Å². The minimum atomic E-state index is -0.218. The molecule has 1 aromatic carbocycles. The fraction of sp³-hybridized carbons (Fsp3) is 0.143. The average molecular weight is 371 g/mol. The molecular weight excluding hydrogens is 361 g/mol. The topological polar surface area (TPSA) is 30.7 Å². The third-order valence-corrected chi connectivity index (χ3v) is 4.43. The number of rotatable bonds is 2. The zero-order chi connectivity index (χ0) is 14.3. The Morgan fingerprint density at radius 3 is 2.80 bits per heavy atom. The molecular formula is C14H10BrCl2N3. The summed E-state index contributed by atoms with van der Waals surface area (Å²) in [5.74, 6) is 0.771. The Hall–Kier alpha value is -1.10. The van der Waals surface area contributed by atoms with Gasteiger partial charge in [0, 0.05) is 16.4 Å². The maximum Gasteiger partial charge on any atom is 0.132 e. The Labute approximate surface area is 134 Å². The van der Waals surface area contributed by atoms with Crippen LogP contribution < -0.4 is 0 Å². The lowest BCUT2D eigenvalue weighted by molar-refractivity contribution is 0.882. The van der Waals surface area contributed by atoms with Gasteiger partial charge in [-0.2, -0.15) is 0 Å². The van der Waals surface area contributed by atoms with Gasteiger partial charge in [0.2, 0.25) is 0 Å². The first-order chi connectivity index (χ1) is 9.58. The molecule has 20 heavy (non-hydrogen) atoms. The van der Waals surface area contributed by atoms with Crippen LogP contribution >= 0.6 is 39.1 Å². The van der Waals surface area contributed by atoms with Gasteiger partial charge in [-0.25, -0.2) is 4.98 Å². The molecule has 2 aromatic heterocycles. The molecule has 6 heteroatoms. The molecule has 0 saturated heterocycles. The number of hydrogen-bond acceptors (Lipinski definition) is 2. The van der Waals surface area contributed by atoms with Gasteiger partial charge in [0.15, 0.2) is 0 Å². The van der Waals surface area contributed by atoms with Gasteiger partial charge in [0.05, 0.1) is 22.1 Å². The molecule has 0 amide bonds. The molecule has 1 atom stereocenters. The van der Waals surface area contributed by atoms with Crippen molar-refractivity contribution < 1.29 is 0 Å². The van der Waals surface area contributed by atoms with Crippen LogP contribution in [0.15, 0.2) is 41.1 Å². The highest BCUT2D eigenvalue weighted by Crippen LogP contribution is 2.31. The number of benzene rings is 1. The van der Waals surface area contributed by atoms with Gasteiger partial charge in [-0.05, 0) is 47.1 Å². The summed E-state index contributed by atoms with van der Waals surface area (Å²) in [5, 5.41) is 0.427. The summed E-state index contributed by atoms with van der Waals surface area (Å²) in [7, 11) is 0. The number of hydrogen-bond donors (Lipinski definition) is 0. The fourth-order valence-corrected chi connectivity index (χ4v) is 2.68. The van der Waals surface area contributed by atoms with Crippen LogP contribution in [-0.2, 0) is 0 Å². The summed E-state index contributed by atoms with van der Waals surface area (Å²) in [4.78, 5) is 8.65. The second kappa shape index (κ2) is 5.35. The SMILES string of the molecule is CC(Cl)c1nc2cnccc2n1-c1ccc(Br)c(Cl)c1. The Bertz CT molecular complexity index is 783. The van der Waals surface area contributed by atoms with Crippen LogP contribution in [0.25, 0.3) is 16.7 Å². The maximum atomic E-state index is 6.25. The van der Waals surface area contributed by atoms with Gasteiger partial charge in [0.1, 0.15) is 11.3 Å². The molecule has 1 unspecified atom stereocenters. The summed E-state index contributed by atoms with van der Waals surface area (Å²) >= 11 is 15.8. The van der Waals surface area contributed by atoms with Crippen molar-refractivity contribution in [3.63, 3.8) is 0 Å². The normalized spacial score (nSPS) is 12.8. The third-order valence-electron chi connectivity index (χ3n) is 3.00. The first kappa shape index (κ1) is 13.9. The Kier molecular flexibility index (Phi) is 3.71. The molecule has 0 aliphatic rings. The van der Waals surface area contributed by atoms with Crippen molar-refractivity contribution in [3.05, 3.63) is 52.0 Å². The summed E-state index contributed by atoms with van der Waals surface area (Å²) in [5.41, 5.74) is 2.70. The molecule has 3 nitrogen and oxygen atoms in total. The number of aromatic nitrogens is 3. The van der Waals surface area contributed by atoms with Crippen molar-refractivity contribution in [3.8, 4) is 5.69 Å². The summed E-state index contributed by atoms with van der Waals surface area (Å²) < 4.78 is 2.86. The highest BCUT2D eigenvalue weighted by atomic mass is 79.9. The summed E-state index contributed by atoms with van der Waals surface area (Å²) in [6.07, 6.45) is 3.47. The zero-order valence-corrected chi connectivity index (χ0v) is 13.6. The molecule has 0 aliphatic carbocycles. The van der Waals surface area contributed by atoms with Gasteiger partial charge in [-0.3, -0.25) is 9.55 Å². The second-order valence-electron chi connectivity index (χ2n) is 4.38. The van der Waals surface area contributed by atoms with E-state index in [9.17, 15) is 0 Å². The molecule has 0 aliphatic heterocycles. The maximum absolute atomic E-state index is 6.25. The molecule has 0 spiro atoms. The Morgan fingerprint density at radius 2 is 2.10 bits per heavy atom. The van der Waals surface area contributed by atoms with Gasteiger partial charge in [0.25, 0.3) is 0 Å². The summed E-state index contributed by atoms with van der Waals surface area (Å²) in [6, 6.07) is 7.69. The standard InChI is InChI=1S/C14H10BrCl2N3/c1-8(16)14-19-12-7-18-5-4-13(12)20(14)9-2-3-10(15)11(17)6-9/h2-8H,1H3. The molecule has 102 valence electrons. The molecule has 3 rings (SSSR count). The van der Waals surface area contributed by atoms with Gasteiger partial charge in [-0.15, -0.1) is 11.6 Å². The van der Waals surface area contributed by atoms with E-state index >= 15 is 0 Å². The van der Waals surface area contributed by atoms with E-state index in [2.05, 4.69) is 25.9 Å². The second-order valence-corrected chi connectivity index (χ2v) is 6.30. The lowest BCUT2D eigenvalue weighted by atomic mass is 10.3. The highest BCUT2D eigenvalue weighted by Gasteiger charge is 2.16. The molecule has 0 saturated carbocycles. The first-order valence-electron chi connectivity index (χ1n) is 6.00. The molecule has 0 radical (unpaired) electrons. The first-order valence-corrected chi connectivity index (χ1v) is 7.60. The van der Waals surface area contributed by atoms with E-state index in [0.717, 1.165) is 27.0 Å². The van der Waals surface area contributed by atoms with Crippen molar-refractivity contribution in [1.82, 2.24) is 14.5 Å². The van der Waals surface area contributed by atoms with Crippen molar-refractivity contribution in [2.75, 3.05) is 0 Å². The highest BCUT2D eigenvalue weighted by molar-refractivity contribution is 9.10. The molecule has 0 bridgehead atoms. The smallest absolute Gasteiger partial charge is 0.132 e. The van der Waals surface area contributed by atoms with Crippen molar-refractivity contribution in [2.45, 2.75) is 12.3 Å². The number of alkyl halides is 1. The number of pyridine rings is 1. The number of nitrogens with zero attached hydrogens (tertiary/aromatic N) is 3. The van der Waals surface area contributed by atoms with Crippen molar-refractivity contribution in [2.24, 2.45) is 0 Å². The van der Waals surface area contributed by atoms with E-state index in [4.69, 9.17) is 23.2 Å². The van der Waals surface area contributed by atoms with E-state index in [1.54, 1.807) is 12.4 Å². The van der Waals surface area contributed by atoms with E-state index in [0.29, 0.717) is 5.02 Å². The minimum Gasteiger partial charge on any atom is -0.295 e. The monoisotopic (exact) mass is 369 g/mol.